The van der Waals surface area contributed by atoms with Crippen molar-refractivity contribution in [3.05, 3.63) is 48.3 Å². The van der Waals surface area contributed by atoms with E-state index in [1.807, 2.05) is 12.2 Å². The molecule has 1 rings (SSSR count). The molecule has 0 spiro atoms. The molecule has 0 bridgehead atoms. The van der Waals surface area contributed by atoms with Crippen molar-refractivity contribution in [2.45, 2.75) is 25.7 Å². The van der Waals surface area contributed by atoms with Crippen LogP contribution in [-0.2, 0) is 0 Å². The summed E-state index contributed by atoms with van der Waals surface area (Å²) in [6.07, 6.45) is 9.27. The van der Waals surface area contributed by atoms with Gasteiger partial charge < -0.3 is 5.11 Å². The van der Waals surface area contributed by atoms with Crippen LogP contribution < -0.4 is 0 Å². The second-order valence-corrected chi connectivity index (χ2v) is 3.21. The highest BCUT2D eigenvalue weighted by molar-refractivity contribution is 5.35. The second-order valence-electron chi connectivity index (χ2n) is 3.21. The molecule has 0 aromatic heterocycles. The van der Waals surface area contributed by atoms with E-state index in [0.29, 0.717) is 5.76 Å². The molecule has 1 nitrogen and oxygen atoms in total. The third-order valence-corrected chi connectivity index (χ3v) is 2.23. The molecule has 0 saturated heterocycles. The molecule has 1 heteroatoms. The van der Waals surface area contributed by atoms with Crippen LogP contribution in [0.3, 0.4) is 0 Å². The summed E-state index contributed by atoms with van der Waals surface area (Å²) in [4.78, 5) is 0. The maximum Gasteiger partial charge on any atom is 0.118 e. The monoisotopic (exact) mass is 176 g/mol. The third-order valence-electron chi connectivity index (χ3n) is 2.23. The summed E-state index contributed by atoms with van der Waals surface area (Å²) in [5, 5.41) is 9.81. The molecule has 70 valence electrons. The summed E-state index contributed by atoms with van der Waals surface area (Å²) in [5.41, 5.74) is 2.12. The number of hydrogen-bond donors (Lipinski definition) is 1. The average Bonchev–Trinajstić information content (AvgIpc) is 2.13. The standard InChI is InChI=1S/C12H16O/c1-3-6-10-8-5-9-11(7-4-2)12(10)13/h3-4,8,13H,1-2,5-7,9H2. The second kappa shape index (κ2) is 4.70. The summed E-state index contributed by atoms with van der Waals surface area (Å²) < 4.78 is 0. The van der Waals surface area contributed by atoms with E-state index in [2.05, 4.69) is 19.2 Å². The Kier molecular flexibility index (Phi) is 3.56. The van der Waals surface area contributed by atoms with Gasteiger partial charge in [0.15, 0.2) is 0 Å². The first-order chi connectivity index (χ1) is 6.29. The van der Waals surface area contributed by atoms with Gasteiger partial charge in [0, 0.05) is 0 Å². The summed E-state index contributed by atoms with van der Waals surface area (Å²) in [7, 11) is 0. The van der Waals surface area contributed by atoms with Gasteiger partial charge in [0.1, 0.15) is 5.76 Å². The number of rotatable bonds is 4. The van der Waals surface area contributed by atoms with E-state index in [-0.39, 0.29) is 0 Å². The molecule has 0 amide bonds. The first-order valence-electron chi connectivity index (χ1n) is 4.61. The minimum absolute atomic E-state index is 0.464. The molecular formula is C12H16O. The van der Waals surface area contributed by atoms with Crippen LogP contribution in [0.2, 0.25) is 0 Å². The van der Waals surface area contributed by atoms with E-state index in [1.54, 1.807) is 0 Å². The van der Waals surface area contributed by atoms with Crippen molar-refractivity contribution in [1.82, 2.24) is 0 Å². The molecule has 0 fully saturated rings. The summed E-state index contributed by atoms with van der Waals surface area (Å²) in [5.74, 6) is 0.464. The van der Waals surface area contributed by atoms with E-state index in [9.17, 15) is 5.11 Å². The first-order valence-corrected chi connectivity index (χ1v) is 4.61. The smallest absolute Gasteiger partial charge is 0.118 e. The van der Waals surface area contributed by atoms with Gasteiger partial charge in [-0.3, -0.25) is 0 Å². The van der Waals surface area contributed by atoms with Crippen molar-refractivity contribution in [2.24, 2.45) is 0 Å². The number of aliphatic hydroxyl groups is 1. The Morgan fingerprint density at radius 3 is 2.62 bits per heavy atom. The predicted octanol–water partition coefficient (Wildman–Crippen LogP) is 3.67. The molecule has 1 aliphatic rings. The molecule has 0 aliphatic heterocycles. The maximum atomic E-state index is 9.81. The highest BCUT2D eigenvalue weighted by atomic mass is 16.3. The molecular weight excluding hydrogens is 160 g/mol. The van der Waals surface area contributed by atoms with Crippen molar-refractivity contribution in [2.75, 3.05) is 0 Å². The molecule has 13 heavy (non-hydrogen) atoms. The zero-order chi connectivity index (χ0) is 9.68. The lowest BCUT2D eigenvalue weighted by Gasteiger charge is -2.15. The average molecular weight is 176 g/mol. The molecule has 0 saturated carbocycles. The van der Waals surface area contributed by atoms with Gasteiger partial charge in [-0.1, -0.05) is 18.2 Å². The van der Waals surface area contributed by atoms with Gasteiger partial charge in [-0.2, -0.15) is 0 Å². The molecule has 0 aromatic carbocycles. The van der Waals surface area contributed by atoms with Crippen LogP contribution in [-0.4, -0.2) is 5.11 Å². The number of hydrogen-bond acceptors (Lipinski definition) is 1. The van der Waals surface area contributed by atoms with Crippen molar-refractivity contribution in [3.8, 4) is 0 Å². The summed E-state index contributed by atoms with van der Waals surface area (Å²) >= 11 is 0. The fourth-order valence-electron chi connectivity index (χ4n) is 1.57. The van der Waals surface area contributed by atoms with Gasteiger partial charge in [0.2, 0.25) is 0 Å². The normalized spacial score (nSPS) is 16.8. The topological polar surface area (TPSA) is 20.2 Å². The largest absolute Gasteiger partial charge is 0.508 e. The lowest BCUT2D eigenvalue weighted by atomic mass is 9.93. The molecule has 1 N–H and O–H groups in total. The lowest BCUT2D eigenvalue weighted by Crippen LogP contribution is -2.00. The van der Waals surface area contributed by atoms with Crippen LogP contribution in [0.25, 0.3) is 0 Å². The van der Waals surface area contributed by atoms with Gasteiger partial charge in [0.25, 0.3) is 0 Å². The third kappa shape index (κ3) is 2.35. The minimum Gasteiger partial charge on any atom is -0.508 e. The SMILES string of the molecule is C=CCC1=CCCC(CC=C)=C1O. The van der Waals surface area contributed by atoms with Gasteiger partial charge in [-0.05, 0) is 36.8 Å². The Bertz CT molecular complexity index is 269. The molecule has 0 radical (unpaired) electrons. The van der Waals surface area contributed by atoms with E-state index < -0.39 is 0 Å². The van der Waals surface area contributed by atoms with E-state index in [0.717, 1.165) is 36.8 Å². The zero-order valence-corrected chi connectivity index (χ0v) is 7.92. The fourth-order valence-corrected chi connectivity index (χ4v) is 1.57. The quantitative estimate of drug-likeness (QED) is 0.648. The lowest BCUT2D eigenvalue weighted by molar-refractivity contribution is 0.405. The Labute approximate surface area is 79.8 Å². The van der Waals surface area contributed by atoms with Gasteiger partial charge in [0.05, 0.1) is 0 Å². The Morgan fingerprint density at radius 1 is 1.31 bits per heavy atom. The highest BCUT2D eigenvalue weighted by Gasteiger charge is 2.12. The van der Waals surface area contributed by atoms with Crippen LogP contribution in [0.5, 0.6) is 0 Å². The molecule has 1 aliphatic carbocycles. The highest BCUT2D eigenvalue weighted by Crippen LogP contribution is 2.27. The molecule has 0 heterocycles. The van der Waals surface area contributed by atoms with Gasteiger partial charge in [-0.25, -0.2) is 0 Å². The van der Waals surface area contributed by atoms with Crippen molar-refractivity contribution >= 4 is 0 Å². The van der Waals surface area contributed by atoms with E-state index >= 15 is 0 Å². The summed E-state index contributed by atoms with van der Waals surface area (Å²) in [6.45, 7) is 7.34. The van der Waals surface area contributed by atoms with Crippen molar-refractivity contribution in [1.29, 1.82) is 0 Å². The summed E-state index contributed by atoms with van der Waals surface area (Å²) in [6, 6.07) is 0. The van der Waals surface area contributed by atoms with Crippen LogP contribution >= 0.6 is 0 Å². The number of allylic oxidation sites excluding steroid dienone is 5. The fraction of sp³-hybridized carbons (Fsp3) is 0.333. The van der Waals surface area contributed by atoms with Crippen molar-refractivity contribution < 1.29 is 5.11 Å². The van der Waals surface area contributed by atoms with E-state index in [4.69, 9.17) is 0 Å². The zero-order valence-electron chi connectivity index (χ0n) is 7.92. The van der Waals surface area contributed by atoms with Crippen LogP contribution in [0.1, 0.15) is 25.7 Å². The van der Waals surface area contributed by atoms with Crippen LogP contribution in [0.15, 0.2) is 48.3 Å². The van der Waals surface area contributed by atoms with Gasteiger partial charge >= 0.3 is 0 Å². The van der Waals surface area contributed by atoms with Crippen LogP contribution in [0.4, 0.5) is 0 Å². The van der Waals surface area contributed by atoms with Crippen molar-refractivity contribution in [3.63, 3.8) is 0 Å². The Balaban J connectivity index is 2.81. The molecule has 0 unspecified atom stereocenters. The molecule has 0 aromatic rings. The Morgan fingerprint density at radius 2 is 2.00 bits per heavy atom. The Hall–Kier alpha value is -1.24. The maximum absolute atomic E-state index is 9.81. The van der Waals surface area contributed by atoms with E-state index in [1.165, 1.54) is 0 Å². The van der Waals surface area contributed by atoms with Crippen LogP contribution in [0, 0.1) is 0 Å². The molecule has 0 atom stereocenters. The minimum atomic E-state index is 0.464. The predicted molar refractivity (Wildman–Crippen MR) is 56.6 cm³/mol. The van der Waals surface area contributed by atoms with Gasteiger partial charge in [-0.15, -0.1) is 13.2 Å². The first kappa shape index (κ1) is 9.85. The number of aliphatic hydroxyl groups excluding tert-OH is 1.